The van der Waals surface area contributed by atoms with Crippen molar-refractivity contribution in [3.63, 3.8) is 0 Å². The Hall–Kier alpha value is -1.39. The lowest BCUT2D eigenvalue weighted by molar-refractivity contribution is 0.283. The normalized spacial score (nSPS) is 10.8. The Morgan fingerprint density at radius 3 is 2.52 bits per heavy atom. The van der Waals surface area contributed by atoms with Crippen molar-refractivity contribution >= 4 is 11.8 Å². The molecule has 4 heteroatoms. The van der Waals surface area contributed by atoms with Crippen molar-refractivity contribution in [2.75, 3.05) is 12.4 Å². The Bertz CT molecular complexity index is 546. The van der Waals surface area contributed by atoms with Crippen LogP contribution in [0, 0.1) is 6.92 Å². The van der Waals surface area contributed by atoms with Gasteiger partial charge in [-0.2, -0.15) is 0 Å². The summed E-state index contributed by atoms with van der Waals surface area (Å²) in [6.07, 6.45) is 4.35. The molecule has 1 aromatic heterocycles. The molecule has 0 amide bonds. The second-order valence-electron chi connectivity index (χ2n) is 5.02. The first kappa shape index (κ1) is 16.0. The maximum Gasteiger partial charge on any atom is 0.160 e. The Balaban J connectivity index is 1.93. The summed E-state index contributed by atoms with van der Waals surface area (Å²) in [6, 6.07) is 12.1. The van der Waals surface area contributed by atoms with E-state index in [1.807, 2.05) is 43.3 Å². The van der Waals surface area contributed by atoms with Gasteiger partial charge in [0.05, 0.1) is 0 Å². The number of aliphatic hydroxyl groups is 1. The van der Waals surface area contributed by atoms with E-state index >= 15 is 0 Å². The van der Waals surface area contributed by atoms with E-state index in [9.17, 15) is 0 Å². The molecule has 0 fully saturated rings. The fourth-order valence-electron chi connectivity index (χ4n) is 2.07. The summed E-state index contributed by atoms with van der Waals surface area (Å²) in [7, 11) is 0. The SMILES string of the molecule is Cc1cc(SCCCCCCO)nc(-c2ccccc2)n1. The second-order valence-corrected chi connectivity index (χ2v) is 6.14. The average molecular weight is 302 g/mol. The number of thioether (sulfide) groups is 1. The summed E-state index contributed by atoms with van der Waals surface area (Å²) in [5.41, 5.74) is 2.07. The van der Waals surface area contributed by atoms with Crippen molar-refractivity contribution in [1.29, 1.82) is 0 Å². The van der Waals surface area contributed by atoms with Gasteiger partial charge in [-0.25, -0.2) is 9.97 Å². The number of benzene rings is 1. The maximum absolute atomic E-state index is 8.75. The minimum Gasteiger partial charge on any atom is -0.396 e. The smallest absolute Gasteiger partial charge is 0.160 e. The molecule has 21 heavy (non-hydrogen) atoms. The summed E-state index contributed by atoms with van der Waals surface area (Å²) < 4.78 is 0. The van der Waals surface area contributed by atoms with Crippen LogP contribution in [-0.4, -0.2) is 27.4 Å². The Labute approximate surface area is 130 Å². The van der Waals surface area contributed by atoms with Gasteiger partial charge in [-0.15, -0.1) is 11.8 Å². The van der Waals surface area contributed by atoms with Crippen LogP contribution >= 0.6 is 11.8 Å². The minimum atomic E-state index is 0.304. The summed E-state index contributed by atoms with van der Waals surface area (Å²) in [6.45, 7) is 2.32. The molecule has 0 atom stereocenters. The van der Waals surface area contributed by atoms with Gasteiger partial charge in [0.15, 0.2) is 5.82 Å². The summed E-state index contributed by atoms with van der Waals surface area (Å²) in [4.78, 5) is 9.17. The van der Waals surface area contributed by atoms with Gasteiger partial charge in [-0.3, -0.25) is 0 Å². The van der Waals surface area contributed by atoms with Gasteiger partial charge in [0.25, 0.3) is 0 Å². The molecule has 1 heterocycles. The molecule has 2 rings (SSSR count). The lowest BCUT2D eigenvalue weighted by Crippen LogP contribution is -1.94. The van der Waals surface area contributed by atoms with Crippen molar-refractivity contribution in [1.82, 2.24) is 9.97 Å². The zero-order chi connectivity index (χ0) is 14.9. The van der Waals surface area contributed by atoms with Crippen LogP contribution in [0.15, 0.2) is 41.4 Å². The third kappa shape index (κ3) is 5.48. The molecule has 0 saturated heterocycles. The van der Waals surface area contributed by atoms with E-state index in [2.05, 4.69) is 9.97 Å². The van der Waals surface area contributed by atoms with Crippen LogP contribution in [0.25, 0.3) is 11.4 Å². The van der Waals surface area contributed by atoms with Gasteiger partial charge in [0.2, 0.25) is 0 Å². The average Bonchev–Trinajstić information content (AvgIpc) is 2.51. The maximum atomic E-state index is 8.75. The van der Waals surface area contributed by atoms with Crippen molar-refractivity contribution in [2.45, 2.75) is 37.6 Å². The van der Waals surface area contributed by atoms with Crippen LogP contribution in [0.2, 0.25) is 0 Å². The molecule has 3 nitrogen and oxygen atoms in total. The molecule has 1 aromatic carbocycles. The standard InChI is InChI=1S/C17H22N2OS/c1-14-13-16(21-12-8-3-2-7-11-20)19-17(18-14)15-9-5-4-6-10-15/h4-6,9-10,13,20H,2-3,7-8,11-12H2,1H3. The lowest BCUT2D eigenvalue weighted by atomic mass is 10.2. The zero-order valence-corrected chi connectivity index (χ0v) is 13.3. The molecular formula is C17H22N2OS. The van der Waals surface area contributed by atoms with Gasteiger partial charge in [0.1, 0.15) is 5.03 Å². The van der Waals surface area contributed by atoms with Gasteiger partial charge >= 0.3 is 0 Å². The highest BCUT2D eigenvalue weighted by molar-refractivity contribution is 7.99. The highest BCUT2D eigenvalue weighted by Crippen LogP contribution is 2.22. The van der Waals surface area contributed by atoms with Gasteiger partial charge in [0, 0.05) is 17.9 Å². The first-order valence-electron chi connectivity index (χ1n) is 7.44. The number of aromatic nitrogens is 2. The van der Waals surface area contributed by atoms with E-state index in [-0.39, 0.29) is 0 Å². The quantitative estimate of drug-likeness (QED) is 0.453. The number of hydrogen-bond acceptors (Lipinski definition) is 4. The first-order valence-corrected chi connectivity index (χ1v) is 8.43. The Kier molecular flexibility index (Phi) is 6.70. The van der Waals surface area contributed by atoms with Crippen molar-refractivity contribution in [2.24, 2.45) is 0 Å². The lowest BCUT2D eigenvalue weighted by Gasteiger charge is -2.06. The molecule has 0 radical (unpaired) electrons. The fourth-order valence-corrected chi connectivity index (χ4v) is 3.04. The fraction of sp³-hybridized carbons (Fsp3) is 0.412. The molecule has 0 aliphatic rings. The van der Waals surface area contributed by atoms with Crippen LogP contribution in [0.3, 0.4) is 0 Å². The van der Waals surface area contributed by atoms with E-state index in [0.29, 0.717) is 6.61 Å². The van der Waals surface area contributed by atoms with E-state index < -0.39 is 0 Å². The second kappa shape index (κ2) is 8.80. The molecule has 1 N–H and O–H groups in total. The molecular weight excluding hydrogens is 280 g/mol. The van der Waals surface area contributed by atoms with Gasteiger partial charge < -0.3 is 5.11 Å². The topological polar surface area (TPSA) is 46.0 Å². The van der Waals surface area contributed by atoms with Crippen LogP contribution < -0.4 is 0 Å². The first-order chi connectivity index (χ1) is 10.3. The highest BCUT2D eigenvalue weighted by Gasteiger charge is 2.05. The van der Waals surface area contributed by atoms with E-state index in [4.69, 9.17) is 5.11 Å². The summed E-state index contributed by atoms with van der Waals surface area (Å²) >= 11 is 1.79. The molecule has 0 aliphatic heterocycles. The van der Waals surface area contributed by atoms with E-state index in [0.717, 1.165) is 47.1 Å². The number of hydrogen-bond donors (Lipinski definition) is 1. The third-order valence-electron chi connectivity index (χ3n) is 3.17. The molecule has 0 saturated carbocycles. The highest BCUT2D eigenvalue weighted by atomic mass is 32.2. The Morgan fingerprint density at radius 1 is 1.00 bits per heavy atom. The van der Waals surface area contributed by atoms with Crippen molar-refractivity contribution in [3.05, 3.63) is 42.1 Å². The van der Waals surface area contributed by atoms with Crippen molar-refractivity contribution in [3.8, 4) is 11.4 Å². The predicted molar refractivity (Wildman–Crippen MR) is 88.5 cm³/mol. The molecule has 112 valence electrons. The molecule has 0 unspecified atom stereocenters. The molecule has 0 bridgehead atoms. The Morgan fingerprint density at radius 2 is 1.76 bits per heavy atom. The minimum absolute atomic E-state index is 0.304. The predicted octanol–water partition coefficient (Wildman–Crippen LogP) is 4.10. The monoisotopic (exact) mass is 302 g/mol. The number of unbranched alkanes of at least 4 members (excludes halogenated alkanes) is 3. The molecule has 0 spiro atoms. The molecule has 2 aromatic rings. The number of aliphatic hydroxyl groups excluding tert-OH is 1. The van der Waals surface area contributed by atoms with Gasteiger partial charge in [-0.05, 0) is 31.6 Å². The van der Waals surface area contributed by atoms with E-state index in [1.54, 1.807) is 11.8 Å². The molecule has 0 aliphatic carbocycles. The number of nitrogens with zero attached hydrogens (tertiary/aromatic N) is 2. The van der Waals surface area contributed by atoms with Crippen LogP contribution in [0.1, 0.15) is 31.4 Å². The number of rotatable bonds is 8. The summed E-state index contributed by atoms with van der Waals surface area (Å²) in [5.74, 6) is 1.87. The van der Waals surface area contributed by atoms with Crippen LogP contribution in [0.5, 0.6) is 0 Å². The van der Waals surface area contributed by atoms with Gasteiger partial charge in [-0.1, -0.05) is 43.2 Å². The third-order valence-corrected chi connectivity index (χ3v) is 4.16. The summed E-state index contributed by atoms with van der Waals surface area (Å²) in [5, 5.41) is 9.79. The zero-order valence-electron chi connectivity index (χ0n) is 12.5. The van der Waals surface area contributed by atoms with E-state index in [1.165, 1.54) is 6.42 Å². The largest absolute Gasteiger partial charge is 0.396 e. The van der Waals surface area contributed by atoms with Crippen LogP contribution in [-0.2, 0) is 0 Å². The van der Waals surface area contributed by atoms with Crippen molar-refractivity contribution < 1.29 is 5.11 Å². The van der Waals surface area contributed by atoms with Crippen LogP contribution in [0.4, 0.5) is 0 Å². The number of aryl methyl sites for hydroxylation is 1.